The molecule has 14 heteroatoms. The Bertz CT molecular complexity index is 1530. The lowest BCUT2D eigenvalue weighted by Gasteiger charge is -2.45. The molecule has 9 atom stereocenters. The molecule has 0 saturated carbocycles. The normalized spacial score (nSPS) is 30.3. The molecule has 0 amide bonds. The maximum atomic E-state index is 13.0. The molecule has 2 aliphatic rings. The van der Waals surface area contributed by atoms with Crippen molar-refractivity contribution in [1.29, 1.82) is 0 Å². The summed E-state index contributed by atoms with van der Waals surface area (Å²) in [7, 11) is 2.70. The first-order chi connectivity index (χ1) is 21.5. The van der Waals surface area contributed by atoms with E-state index in [-0.39, 0.29) is 58.2 Å². The minimum atomic E-state index is -1.67. The van der Waals surface area contributed by atoms with Gasteiger partial charge in [0.2, 0.25) is 12.0 Å². The molecule has 2 aromatic carbocycles. The highest BCUT2D eigenvalue weighted by atomic mass is 16.7. The second kappa shape index (κ2) is 13.4. The zero-order valence-corrected chi connectivity index (χ0v) is 25.2. The highest BCUT2D eigenvalue weighted by Crippen LogP contribution is 2.41. The largest absolute Gasteiger partial charge is 0.507 e. The fraction of sp³-hybridized carbons (Fsp3) is 0.516. The smallest absolute Gasteiger partial charge is 0.229 e. The van der Waals surface area contributed by atoms with Crippen molar-refractivity contribution in [2.45, 2.75) is 63.4 Å². The Labute approximate surface area is 257 Å². The number of benzene rings is 2. The average molecular weight is 635 g/mol. The third kappa shape index (κ3) is 6.40. The van der Waals surface area contributed by atoms with Gasteiger partial charge in [-0.3, -0.25) is 4.79 Å². The van der Waals surface area contributed by atoms with Gasteiger partial charge in [0.1, 0.15) is 52.6 Å². The molecular weight excluding hydrogens is 596 g/mol. The Hall–Kier alpha value is -3.63. The zero-order chi connectivity index (χ0) is 32.6. The number of rotatable bonds is 9. The maximum Gasteiger partial charge on any atom is 0.229 e. The summed E-state index contributed by atoms with van der Waals surface area (Å²) in [6.45, 7) is 3.08. The molecule has 2 fully saturated rings. The quantitative estimate of drug-likeness (QED) is 0.197. The van der Waals surface area contributed by atoms with Gasteiger partial charge in [-0.05, 0) is 24.5 Å². The average Bonchev–Trinajstić information content (AvgIpc) is 3.02. The van der Waals surface area contributed by atoms with Crippen LogP contribution < -0.4 is 19.6 Å². The van der Waals surface area contributed by atoms with Crippen LogP contribution in [-0.4, -0.2) is 101 Å². The molecule has 5 rings (SSSR count). The highest BCUT2D eigenvalue weighted by Gasteiger charge is 2.49. The van der Waals surface area contributed by atoms with E-state index in [1.165, 1.54) is 32.4 Å². The van der Waals surface area contributed by atoms with Gasteiger partial charge in [0.25, 0.3) is 0 Å². The van der Waals surface area contributed by atoms with Gasteiger partial charge in [-0.2, -0.15) is 0 Å². The van der Waals surface area contributed by atoms with Crippen molar-refractivity contribution in [1.82, 2.24) is 0 Å². The van der Waals surface area contributed by atoms with Crippen LogP contribution in [0.1, 0.15) is 20.3 Å². The summed E-state index contributed by atoms with van der Waals surface area (Å²) in [5, 5.41) is 62.5. The van der Waals surface area contributed by atoms with Crippen LogP contribution in [0, 0.1) is 11.8 Å². The molecule has 2 saturated heterocycles. The molecule has 3 aromatic rings. The van der Waals surface area contributed by atoms with Gasteiger partial charge in [-0.25, -0.2) is 0 Å². The van der Waals surface area contributed by atoms with E-state index >= 15 is 0 Å². The lowest BCUT2D eigenvalue weighted by molar-refractivity contribution is -0.331. The van der Waals surface area contributed by atoms with Crippen molar-refractivity contribution in [2.75, 3.05) is 27.4 Å². The Morgan fingerprint density at radius 2 is 1.58 bits per heavy atom. The fourth-order valence-corrected chi connectivity index (χ4v) is 5.64. The van der Waals surface area contributed by atoms with E-state index in [9.17, 15) is 35.4 Å². The molecule has 0 aliphatic carbocycles. The van der Waals surface area contributed by atoms with Crippen molar-refractivity contribution in [2.24, 2.45) is 11.8 Å². The predicted molar refractivity (Wildman–Crippen MR) is 156 cm³/mol. The molecule has 246 valence electrons. The van der Waals surface area contributed by atoms with E-state index in [0.29, 0.717) is 12.0 Å². The first kappa shape index (κ1) is 32.8. The molecule has 0 radical (unpaired) electrons. The SMILES string of the molecule is COc1cc(-c2cc(=O)c3c(O)cc(O[C@@H]4O[C@H](CO)[C@@H](O[C@@H]5O[C@H](CO)C[C@H](C)[C@H]5C)[C@H](O)[C@H]4O)cc3o2)cc(OC)c1O. The third-order valence-electron chi connectivity index (χ3n) is 8.40. The molecule has 14 nitrogen and oxygen atoms in total. The number of ether oxygens (including phenoxy) is 6. The van der Waals surface area contributed by atoms with Crippen LogP contribution in [0.4, 0.5) is 0 Å². The molecule has 45 heavy (non-hydrogen) atoms. The van der Waals surface area contributed by atoms with E-state index in [0.717, 1.165) is 12.1 Å². The van der Waals surface area contributed by atoms with Crippen LogP contribution in [0.5, 0.6) is 28.7 Å². The van der Waals surface area contributed by atoms with Gasteiger partial charge < -0.3 is 63.5 Å². The summed E-state index contributed by atoms with van der Waals surface area (Å²) in [6, 6.07) is 6.45. The van der Waals surface area contributed by atoms with Gasteiger partial charge in [-0.1, -0.05) is 13.8 Å². The van der Waals surface area contributed by atoms with Gasteiger partial charge in [0, 0.05) is 29.7 Å². The van der Waals surface area contributed by atoms with E-state index in [4.69, 9.17) is 32.8 Å². The van der Waals surface area contributed by atoms with Crippen molar-refractivity contribution < 1.29 is 63.5 Å². The number of phenolic OH excluding ortho intramolecular Hbond substituents is 2. The van der Waals surface area contributed by atoms with Crippen LogP contribution in [-0.2, 0) is 14.2 Å². The number of methoxy groups -OCH3 is 2. The monoisotopic (exact) mass is 634 g/mol. The Morgan fingerprint density at radius 1 is 0.889 bits per heavy atom. The maximum absolute atomic E-state index is 13.0. The molecule has 1 aromatic heterocycles. The third-order valence-corrected chi connectivity index (χ3v) is 8.40. The fourth-order valence-electron chi connectivity index (χ4n) is 5.64. The Balaban J connectivity index is 1.40. The molecule has 0 spiro atoms. The lowest BCUT2D eigenvalue weighted by atomic mass is 9.87. The van der Waals surface area contributed by atoms with E-state index in [1.807, 2.05) is 13.8 Å². The number of hydrogen-bond donors (Lipinski definition) is 6. The predicted octanol–water partition coefficient (Wildman–Crippen LogP) is 1.47. The van der Waals surface area contributed by atoms with Gasteiger partial charge >= 0.3 is 0 Å². The Kier molecular flexibility index (Phi) is 9.74. The summed E-state index contributed by atoms with van der Waals surface area (Å²) in [5.41, 5.74) is -0.337. The molecule has 0 bridgehead atoms. The topological polar surface area (TPSA) is 207 Å². The van der Waals surface area contributed by atoms with E-state index < -0.39 is 60.9 Å². The summed E-state index contributed by atoms with van der Waals surface area (Å²) in [5.74, 6) is -0.592. The lowest BCUT2D eigenvalue weighted by Crippen LogP contribution is -2.62. The van der Waals surface area contributed by atoms with Crippen LogP contribution >= 0.6 is 0 Å². The first-order valence-corrected chi connectivity index (χ1v) is 14.5. The number of phenols is 2. The molecule has 0 unspecified atom stereocenters. The first-order valence-electron chi connectivity index (χ1n) is 14.5. The van der Waals surface area contributed by atoms with Crippen LogP contribution in [0.3, 0.4) is 0 Å². The second-order valence-electron chi connectivity index (χ2n) is 11.3. The number of aliphatic hydroxyl groups excluding tert-OH is 4. The standard InChI is InChI=1S/C31H38O14/c1-13-5-17(11-32)42-30(14(13)2)45-29-24(12-33)44-31(28(38)27(29)37)41-16-8-18(34)25-19(35)10-20(43-21(25)9-16)15-6-22(39-3)26(36)23(7-15)40-4/h6-10,13-14,17,24,27-34,36-38H,5,11-12H2,1-4H3/t13-,14+,17-,24+,27+,28+,29+,30-,31+/m0/s1. The second-order valence-corrected chi connectivity index (χ2v) is 11.3. The molecule has 6 N–H and O–H groups in total. The van der Waals surface area contributed by atoms with Gasteiger partial charge in [-0.15, -0.1) is 0 Å². The summed E-state index contributed by atoms with van der Waals surface area (Å²) in [6.07, 6.45) is -7.80. The summed E-state index contributed by atoms with van der Waals surface area (Å²) >= 11 is 0. The van der Waals surface area contributed by atoms with Crippen LogP contribution in [0.15, 0.2) is 39.5 Å². The number of hydrogen-bond acceptors (Lipinski definition) is 14. The minimum absolute atomic E-state index is 0.0577. The van der Waals surface area contributed by atoms with Gasteiger partial charge in [0.05, 0.1) is 33.5 Å². The highest BCUT2D eigenvalue weighted by molar-refractivity contribution is 5.86. The van der Waals surface area contributed by atoms with Gasteiger partial charge in [0.15, 0.2) is 23.2 Å². The molecular formula is C31H38O14. The van der Waals surface area contributed by atoms with E-state index in [1.54, 1.807) is 0 Å². The van der Waals surface area contributed by atoms with Crippen molar-refractivity contribution in [3.8, 4) is 40.1 Å². The Morgan fingerprint density at radius 3 is 2.20 bits per heavy atom. The van der Waals surface area contributed by atoms with Crippen LogP contribution in [0.2, 0.25) is 0 Å². The van der Waals surface area contributed by atoms with Crippen LogP contribution in [0.25, 0.3) is 22.3 Å². The molecule has 3 heterocycles. The summed E-state index contributed by atoms with van der Waals surface area (Å²) in [4.78, 5) is 13.0. The number of aliphatic hydroxyl groups is 4. The zero-order valence-electron chi connectivity index (χ0n) is 25.2. The molecule has 2 aliphatic heterocycles. The number of aromatic hydroxyl groups is 2. The number of fused-ring (bicyclic) bond motifs is 1. The van der Waals surface area contributed by atoms with Crippen molar-refractivity contribution in [3.63, 3.8) is 0 Å². The van der Waals surface area contributed by atoms with Crippen molar-refractivity contribution in [3.05, 3.63) is 40.6 Å². The van der Waals surface area contributed by atoms with E-state index in [2.05, 4.69) is 0 Å². The van der Waals surface area contributed by atoms with Crippen molar-refractivity contribution >= 4 is 11.0 Å². The minimum Gasteiger partial charge on any atom is -0.507 e. The summed E-state index contributed by atoms with van der Waals surface area (Å²) < 4.78 is 39.7.